The number of rotatable bonds is 30. The highest BCUT2D eigenvalue weighted by molar-refractivity contribution is 6.00. The highest BCUT2D eigenvalue weighted by Gasteiger charge is 2.39. The van der Waals surface area contributed by atoms with E-state index in [0.29, 0.717) is 6.42 Å². The second kappa shape index (κ2) is 28.8. The molecule has 9 atom stereocenters. The summed E-state index contributed by atoms with van der Waals surface area (Å²) in [6, 6.07) is -13.0. The van der Waals surface area contributed by atoms with Gasteiger partial charge in [0.1, 0.15) is 48.3 Å². The lowest BCUT2D eigenvalue weighted by atomic mass is 10.0. The molecule has 0 aromatic carbocycles. The minimum absolute atomic E-state index is 0.0125. The summed E-state index contributed by atoms with van der Waals surface area (Å²) in [4.78, 5) is 178. The van der Waals surface area contributed by atoms with Crippen LogP contribution in [0.4, 0.5) is 0 Å². The SMILES string of the molecule is CC(C)C[C@H](NC(=O)CNC(=O)[C@H](CC(N)=O)NC(=O)[C@H](CC(N)=O)NC(=O)[C@H](CCC(N)=O)NC(=O)[C@@H](N)CC(=O)O)C(=O)N[C@@H](C)C(=O)N[C@@H](C)C(=O)N[C@H](C(=O)N1CCC[C@H]1C(=O)O)C(C)C. The van der Waals surface area contributed by atoms with Gasteiger partial charge in [-0.15, -0.1) is 0 Å². The van der Waals surface area contributed by atoms with Gasteiger partial charge in [0.25, 0.3) is 0 Å². The molecule has 0 aliphatic carbocycles. The van der Waals surface area contributed by atoms with Crippen molar-refractivity contribution in [2.45, 2.75) is 147 Å². The summed E-state index contributed by atoms with van der Waals surface area (Å²) >= 11 is 0. The summed E-state index contributed by atoms with van der Waals surface area (Å²) in [6.45, 7) is 8.69. The largest absolute Gasteiger partial charge is 0.481 e. The van der Waals surface area contributed by atoms with Gasteiger partial charge in [0.15, 0.2) is 0 Å². The van der Waals surface area contributed by atoms with Crippen molar-refractivity contribution in [3.8, 4) is 0 Å². The number of hydrogen-bond donors (Lipinski definition) is 14. The molecule has 1 fully saturated rings. The summed E-state index contributed by atoms with van der Waals surface area (Å²) in [5, 5.41) is 36.8. The number of carbonyl (C=O) groups excluding carboxylic acids is 12. The van der Waals surface area contributed by atoms with Crippen LogP contribution in [0.3, 0.4) is 0 Å². The van der Waals surface area contributed by atoms with Crippen LogP contribution in [0.25, 0.3) is 0 Å². The van der Waals surface area contributed by atoms with E-state index in [9.17, 15) is 72.2 Å². The number of carbonyl (C=O) groups is 14. The average Bonchev–Trinajstić information content (AvgIpc) is 3.75. The fourth-order valence-corrected chi connectivity index (χ4v) is 6.76. The van der Waals surface area contributed by atoms with Gasteiger partial charge in [-0.05, 0) is 51.4 Å². The minimum atomic E-state index is -1.90. The Balaban J connectivity index is 3.04. The molecule has 0 aromatic heterocycles. The van der Waals surface area contributed by atoms with E-state index in [1.807, 2.05) is 0 Å². The number of carboxylic acids is 2. The number of likely N-dealkylation sites (tertiary alicyclic amines) is 1. The van der Waals surface area contributed by atoms with Crippen LogP contribution in [0.15, 0.2) is 0 Å². The van der Waals surface area contributed by atoms with E-state index in [4.69, 9.17) is 28.0 Å². The van der Waals surface area contributed by atoms with E-state index in [0.717, 1.165) is 0 Å². The summed E-state index contributed by atoms with van der Waals surface area (Å²) < 4.78 is 0. The zero-order valence-electron chi connectivity index (χ0n) is 39.8. The van der Waals surface area contributed by atoms with Crippen molar-refractivity contribution < 1.29 is 77.3 Å². The maximum absolute atomic E-state index is 13.4. The highest BCUT2D eigenvalue weighted by atomic mass is 16.4. The van der Waals surface area contributed by atoms with Gasteiger partial charge in [0.05, 0.1) is 31.8 Å². The van der Waals surface area contributed by atoms with Crippen molar-refractivity contribution >= 4 is 82.8 Å². The Morgan fingerprint density at radius 1 is 0.571 bits per heavy atom. The Hall–Kier alpha value is -7.46. The molecular weight excluding hydrogens is 931 g/mol. The first-order chi connectivity index (χ1) is 32.4. The molecule has 0 bridgehead atoms. The fourth-order valence-electron chi connectivity index (χ4n) is 6.76. The van der Waals surface area contributed by atoms with E-state index >= 15 is 0 Å². The molecule has 1 heterocycles. The Kier molecular flexibility index (Phi) is 24.9. The molecule has 70 heavy (non-hydrogen) atoms. The molecule has 12 amide bonds. The van der Waals surface area contributed by atoms with Crippen molar-refractivity contribution in [3.63, 3.8) is 0 Å². The Morgan fingerprint density at radius 3 is 1.54 bits per heavy atom. The van der Waals surface area contributed by atoms with Crippen LogP contribution in [-0.2, 0) is 67.1 Å². The maximum Gasteiger partial charge on any atom is 0.326 e. The average molecular weight is 998 g/mol. The molecule has 18 N–H and O–H groups in total. The normalized spacial score (nSPS) is 16.6. The van der Waals surface area contributed by atoms with Crippen LogP contribution in [0.2, 0.25) is 0 Å². The quantitative estimate of drug-likeness (QED) is 0.0318. The number of nitrogens with one attached hydrogen (secondary N) is 8. The summed E-state index contributed by atoms with van der Waals surface area (Å²) in [5.41, 5.74) is 21.2. The number of primary amides is 3. The first-order valence-corrected chi connectivity index (χ1v) is 22.2. The second-order valence-electron chi connectivity index (χ2n) is 17.4. The van der Waals surface area contributed by atoms with Crippen LogP contribution >= 0.6 is 0 Å². The molecule has 0 unspecified atom stereocenters. The monoisotopic (exact) mass is 997 g/mol. The summed E-state index contributed by atoms with van der Waals surface area (Å²) in [7, 11) is 0. The van der Waals surface area contributed by atoms with Gasteiger partial charge in [-0.25, -0.2) is 4.79 Å². The zero-order valence-corrected chi connectivity index (χ0v) is 39.8. The Bertz CT molecular complexity index is 2000. The molecule has 0 aromatic rings. The lowest BCUT2D eigenvalue weighted by Gasteiger charge is -2.30. The van der Waals surface area contributed by atoms with Crippen molar-refractivity contribution in [2.24, 2.45) is 34.8 Å². The first kappa shape index (κ1) is 60.6. The van der Waals surface area contributed by atoms with Gasteiger partial charge >= 0.3 is 11.9 Å². The Morgan fingerprint density at radius 2 is 1.06 bits per heavy atom. The molecule has 0 saturated carbocycles. The third-order valence-electron chi connectivity index (χ3n) is 10.5. The number of amides is 12. The molecule has 0 radical (unpaired) electrons. The Labute approximate surface area is 402 Å². The van der Waals surface area contributed by atoms with Crippen LogP contribution in [0.1, 0.15) is 92.9 Å². The molecule has 392 valence electrons. The van der Waals surface area contributed by atoms with Crippen molar-refractivity contribution in [3.05, 3.63) is 0 Å². The third-order valence-corrected chi connectivity index (χ3v) is 10.5. The van der Waals surface area contributed by atoms with Crippen molar-refractivity contribution in [2.75, 3.05) is 13.1 Å². The van der Waals surface area contributed by atoms with E-state index in [1.165, 1.54) is 18.7 Å². The molecule has 1 aliphatic rings. The van der Waals surface area contributed by atoms with Crippen LogP contribution in [0, 0.1) is 11.8 Å². The smallest absolute Gasteiger partial charge is 0.326 e. The highest BCUT2D eigenvalue weighted by Crippen LogP contribution is 2.20. The van der Waals surface area contributed by atoms with E-state index < -0.39 is 182 Å². The molecule has 1 rings (SSSR count). The summed E-state index contributed by atoms with van der Waals surface area (Å²) in [6.07, 6.45) is -2.90. The van der Waals surface area contributed by atoms with Gasteiger partial charge in [-0.3, -0.25) is 62.3 Å². The van der Waals surface area contributed by atoms with Crippen molar-refractivity contribution in [1.82, 2.24) is 47.4 Å². The fraction of sp³-hybridized carbons (Fsp3) is 0.659. The van der Waals surface area contributed by atoms with Crippen LogP contribution < -0.4 is 65.5 Å². The number of aliphatic carboxylic acids is 2. The molecule has 1 saturated heterocycles. The van der Waals surface area contributed by atoms with Gasteiger partial charge in [-0.2, -0.15) is 0 Å². The van der Waals surface area contributed by atoms with E-state index in [-0.39, 0.29) is 25.3 Å². The van der Waals surface area contributed by atoms with Gasteiger partial charge in [0, 0.05) is 13.0 Å². The molecule has 29 nitrogen and oxygen atoms in total. The number of hydrogen-bond acceptors (Lipinski definition) is 15. The van der Waals surface area contributed by atoms with Crippen LogP contribution in [-0.4, -0.2) is 165 Å². The number of carboxylic acid groups (broad SMARTS) is 2. The predicted octanol–water partition coefficient (Wildman–Crippen LogP) is -6.87. The number of nitrogens with two attached hydrogens (primary N) is 4. The molecule has 0 spiro atoms. The molecule has 1 aliphatic heterocycles. The zero-order chi connectivity index (χ0) is 53.7. The predicted molar refractivity (Wildman–Crippen MR) is 241 cm³/mol. The standard InChI is InChI=1S/C41H67N13O16/c1-17(2)12-23(38(66)48-19(5)33(61)47-20(6)34(62)53-32(18(3)4)40(68)54-11-7-8-26(54)41(69)70)49-30(58)16-46-36(64)24(14-28(44)56)51-39(67)25(15-29(45)57)52-37(65)22(9-10-27(43)55)50-35(63)21(42)13-31(59)60/h17-26,32H,7-16,42H2,1-6H3,(H2,43,55)(H2,44,56)(H2,45,57)(H,46,64)(H,47,61)(H,48,66)(H,49,58)(H,50,63)(H,51,67)(H,52,65)(H,53,62)(H,59,60)(H,69,70)/t19-,20-,21-,22-,23-,24-,25-,26-,32-/m0/s1. The number of nitrogens with zero attached hydrogens (tertiary/aromatic N) is 1. The minimum Gasteiger partial charge on any atom is -0.481 e. The van der Waals surface area contributed by atoms with Gasteiger partial charge in [0.2, 0.25) is 70.9 Å². The van der Waals surface area contributed by atoms with Gasteiger partial charge < -0.3 is 80.6 Å². The topological polar surface area (TPSA) is 483 Å². The van der Waals surface area contributed by atoms with E-state index in [2.05, 4.69) is 42.5 Å². The molecular formula is C41H67N13O16. The van der Waals surface area contributed by atoms with Gasteiger partial charge in [-0.1, -0.05) is 27.7 Å². The van der Waals surface area contributed by atoms with Crippen LogP contribution in [0.5, 0.6) is 0 Å². The second-order valence-corrected chi connectivity index (χ2v) is 17.4. The maximum atomic E-state index is 13.4. The lowest BCUT2D eigenvalue weighted by Crippen LogP contribution is -2.59. The first-order valence-electron chi connectivity index (χ1n) is 22.2. The van der Waals surface area contributed by atoms with E-state index in [1.54, 1.807) is 27.7 Å². The molecule has 29 heteroatoms. The third kappa shape index (κ3) is 21.2. The summed E-state index contributed by atoms with van der Waals surface area (Å²) in [5.74, 6) is -15.4. The van der Waals surface area contributed by atoms with Crippen molar-refractivity contribution in [1.29, 1.82) is 0 Å². The lowest BCUT2D eigenvalue weighted by molar-refractivity contribution is -0.150.